The second-order valence-electron chi connectivity index (χ2n) is 7.26. The Morgan fingerprint density at radius 3 is 2.72 bits per heavy atom. The first-order chi connectivity index (χ1) is 15.3. The highest BCUT2D eigenvalue weighted by molar-refractivity contribution is 7.90. The predicted octanol–water partition coefficient (Wildman–Crippen LogP) is 3.59. The SMILES string of the molecule is O=C(NNC(=S)Nc1ccccc1F)c1cc2c(cc1Cl)N1CCCCCC1=NS2(=O)=O. The van der Waals surface area contributed by atoms with Crippen molar-refractivity contribution in [3.63, 3.8) is 0 Å². The molecule has 1 saturated heterocycles. The van der Waals surface area contributed by atoms with Crippen molar-refractivity contribution in [2.45, 2.75) is 30.6 Å². The second-order valence-corrected chi connectivity index (χ2v) is 9.65. The number of hydrogen-bond donors (Lipinski definition) is 3. The van der Waals surface area contributed by atoms with Gasteiger partial charge in [0.1, 0.15) is 16.5 Å². The highest BCUT2D eigenvalue weighted by Crippen LogP contribution is 2.37. The van der Waals surface area contributed by atoms with Gasteiger partial charge in [0.25, 0.3) is 15.9 Å². The molecule has 0 bridgehead atoms. The number of sulfonamides is 1. The number of amidine groups is 1. The Balaban J connectivity index is 1.54. The van der Waals surface area contributed by atoms with E-state index in [4.69, 9.17) is 23.8 Å². The van der Waals surface area contributed by atoms with Crippen LogP contribution in [0.3, 0.4) is 0 Å². The van der Waals surface area contributed by atoms with Crippen molar-refractivity contribution in [2.24, 2.45) is 4.40 Å². The minimum Gasteiger partial charge on any atom is -0.329 e. The summed E-state index contributed by atoms with van der Waals surface area (Å²) in [6, 6.07) is 8.58. The predicted molar refractivity (Wildman–Crippen MR) is 125 cm³/mol. The molecule has 2 aliphatic rings. The van der Waals surface area contributed by atoms with Gasteiger partial charge in [0.2, 0.25) is 0 Å². The summed E-state index contributed by atoms with van der Waals surface area (Å²) < 4.78 is 43.2. The van der Waals surface area contributed by atoms with E-state index in [2.05, 4.69) is 20.6 Å². The number of carbonyl (C=O) groups excluding carboxylic acids is 1. The Kier molecular flexibility index (Phi) is 6.31. The first kappa shape index (κ1) is 22.4. The molecule has 2 aromatic rings. The molecule has 2 aliphatic heterocycles. The number of rotatable bonds is 2. The summed E-state index contributed by atoms with van der Waals surface area (Å²) in [4.78, 5) is 14.4. The number of hydrogen-bond acceptors (Lipinski definition) is 5. The van der Waals surface area contributed by atoms with Crippen molar-refractivity contribution in [2.75, 3.05) is 16.8 Å². The second kappa shape index (κ2) is 9.00. The lowest BCUT2D eigenvalue weighted by atomic mass is 10.1. The molecule has 1 fully saturated rings. The molecule has 0 unspecified atom stereocenters. The van der Waals surface area contributed by atoms with Gasteiger partial charge in [0.15, 0.2) is 5.11 Å². The van der Waals surface area contributed by atoms with E-state index < -0.39 is 21.7 Å². The van der Waals surface area contributed by atoms with E-state index in [1.807, 2.05) is 4.90 Å². The van der Waals surface area contributed by atoms with E-state index in [1.54, 1.807) is 6.07 Å². The summed E-state index contributed by atoms with van der Waals surface area (Å²) >= 11 is 11.4. The average molecular weight is 496 g/mol. The van der Waals surface area contributed by atoms with Crippen molar-refractivity contribution < 1.29 is 17.6 Å². The molecule has 3 N–H and O–H groups in total. The molecule has 12 heteroatoms. The molecule has 32 heavy (non-hydrogen) atoms. The average Bonchev–Trinajstić information content (AvgIpc) is 2.98. The Morgan fingerprint density at radius 2 is 1.94 bits per heavy atom. The molecule has 1 amide bonds. The molecule has 0 spiro atoms. The van der Waals surface area contributed by atoms with Crippen LogP contribution in [0.1, 0.15) is 36.0 Å². The fraction of sp³-hybridized carbons (Fsp3) is 0.250. The number of para-hydroxylation sites is 1. The summed E-state index contributed by atoms with van der Waals surface area (Å²) in [6.45, 7) is 0.626. The highest BCUT2D eigenvalue weighted by atomic mass is 35.5. The van der Waals surface area contributed by atoms with Gasteiger partial charge in [0.05, 0.1) is 22.0 Å². The third-order valence-electron chi connectivity index (χ3n) is 5.09. The van der Waals surface area contributed by atoms with Gasteiger partial charge >= 0.3 is 0 Å². The number of halogens is 2. The Labute approximate surface area is 194 Å². The van der Waals surface area contributed by atoms with E-state index in [0.29, 0.717) is 24.5 Å². The molecular formula is C20H19ClFN5O3S2. The van der Waals surface area contributed by atoms with E-state index in [0.717, 1.165) is 19.3 Å². The van der Waals surface area contributed by atoms with Crippen LogP contribution in [-0.4, -0.2) is 31.8 Å². The summed E-state index contributed by atoms with van der Waals surface area (Å²) in [5, 5.41) is 2.62. The van der Waals surface area contributed by atoms with Crippen LogP contribution in [0.2, 0.25) is 5.02 Å². The van der Waals surface area contributed by atoms with Crippen molar-refractivity contribution in [3.8, 4) is 0 Å². The Bertz CT molecular complexity index is 1240. The van der Waals surface area contributed by atoms with Gasteiger partial charge < -0.3 is 10.2 Å². The lowest BCUT2D eigenvalue weighted by Gasteiger charge is -2.30. The van der Waals surface area contributed by atoms with Crippen LogP contribution in [0.25, 0.3) is 0 Å². The summed E-state index contributed by atoms with van der Waals surface area (Å²) in [5.41, 5.74) is 5.26. The lowest BCUT2D eigenvalue weighted by Crippen LogP contribution is -2.44. The number of thiocarbonyl (C=S) groups is 1. The van der Waals surface area contributed by atoms with Crippen LogP contribution in [0, 0.1) is 5.82 Å². The van der Waals surface area contributed by atoms with Gasteiger partial charge in [-0.3, -0.25) is 15.6 Å². The zero-order chi connectivity index (χ0) is 22.9. The monoisotopic (exact) mass is 495 g/mol. The quantitative estimate of drug-likeness (QED) is 0.432. The first-order valence-electron chi connectivity index (χ1n) is 9.83. The molecule has 0 radical (unpaired) electrons. The van der Waals surface area contributed by atoms with Gasteiger partial charge in [-0.2, -0.15) is 8.42 Å². The fourth-order valence-electron chi connectivity index (χ4n) is 3.57. The number of hydrazine groups is 1. The Morgan fingerprint density at radius 1 is 1.16 bits per heavy atom. The molecule has 0 saturated carbocycles. The molecule has 2 heterocycles. The van der Waals surface area contributed by atoms with Crippen molar-refractivity contribution in [1.29, 1.82) is 0 Å². The third-order valence-corrected chi connectivity index (χ3v) is 6.94. The minimum absolute atomic E-state index is 0.0658. The van der Waals surface area contributed by atoms with E-state index in [-0.39, 0.29) is 26.3 Å². The third kappa shape index (κ3) is 4.54. The van der Waals surface area contributed by atoms with Crippen molar-refractivity contribution in [3.05, 3.63) is 52.8 Å². The fourth-order valence-corrected chi connectivity index (χ4v) is 5.24. The zero-order valence-electron chi connectivity index (χ0n) is 16.7. The van der Waals surface area contributed by atoms with Crippen LogP contribution < -0.4 is 21.1 Å². The first-order valence-corrected chi connectivity index (χ1v) is 12.1. The summed E-state index contributed by atoms with van der Waals surface area (Å²) in [7, 11) is -3.97. The smallest absolute Gasteiger partial charge is 0.286 e. The Hall–Kier alpha value is -2.76. The maximum Gasteiger partial charge on any atom is 0.286 e. The van der Waals surface area contributed by atoms with Crippen LogP contribution in [0.5, 0.6) is 0 Å². The molecule has 0 atom stereocenters. The maximum atomic E-state index is 13.7. The number of nitrogens with one attached hydrogen (secondary N) is 3. The normalized spacial score (nSPS) is 16.7. The number of carbonyl (C=O) groups is 1. The van der Waals surface area contributed by atoms with Crippen molar-refractivity contribution in [1.82, 2.24) is 10.9 Å². The number of fused-ring (bicyclic) bond motifs is 3. The zero-order valence-corrected chi connectivity index (χ0v) is 19.1. The topological polar surface area (TPSA) is 103 Å². The maximum absolute atomic E-state index is 13.7. The van der Waals surface area contributed by atoms with Gasteiger partial charge in [0, 0.05) is 13.0 Å². The highest BCUT2D eigenvalue weighted by Gasteiger charge is 2.33. The minimum atomic E-state index is -3.97. The van der Waals surface area contributed by atoms with Crippen LogP contribution in [-0.2, 0) is 10.0 Å². The molecule has 8 nitrogen and oxygen atoms in total. The molecule has 2 aromatic carbocycles. The van der Waals surface area contributed by atoms with Gasteiger partial charge in [-0.1, -0.05) is 30.2 Å². The molecule has 0 aliphatic carbocycles. The largest absolute Gasteiger partial charge is 0.329 e. The summed E-state index contributed by atoms with van der Waals surface area (Å²) in [6.07, 6.45) is 3.30. The lowest BCUT2D eigenvalue weighted by molar-refractivity contribution is 0.0944. The standard InChI is InChI=1S/C20H19ClFN5O3S2/c21-13-11-16-17(32(29,30)26-18-8-2-1-5-9-27(16)18)10-12(13)19(28)24-25-20(31)23-15-7-4-3-6-14(15)22/h3-4,6-7,10-11H,1-2,5,8-9H2,(H,24,28)(H2,23,25,31). The molecular weight excluding hydrogens is 477 g/mol. The van der Waals surface area contributed by atoms with E-state index in [9.17, 15) is 17.6 Å². The van der Waals surface area contributed by atoms with Crippen molar-refractivity contribution >= 4 is 62.1 Å². The van der Waals surface area contributed by atoms with Gasteiger partial charge in [-0.05, 0) is 49.3 Å². The molecule has 4 rings (SSSR count). The molecule has 0 aromatic heterocycles. The van der Waals surface area contributed by atoms with Crippen LogP contribution in [0.4, 0.5) is 15.8 Å². The molecule has 168 valence electrons. The number of amides is 1. The van der Waals surface area contributed by atoms with Crippen LogP contribution in [0.15, 0.2) is 45.7 Å². The number of nitrogens with zero attached hydrogens (tertiary/aromatic N) is 2. The number of benzene rings is 2. The van der Waals surface area contributed by atoms with E-state index in [1.165, 1.54) is 30.3 Å². The van der Waals surface area contributed by atoms with Gasteiger partial charge in [-0.25, -0.2) is 4.39 Å². The van der Waals surface area contributed by atoms with E-state index >= 15 is 0 Å². The van der Waals surface area contributed by atoms with Gasteiger partial charge in [-0.15, -0.1) is 4.40 Å². The number of anilines is 2. The van der Waals surface area contributed by atoms with Crippen LogP contribution >= 0.6 is 23.8 Å². The summed E-state index contributed by atoms with van der Waals surface area (Å²) in [5.74, 6) is -0.731.